The highest BCUT2D eigenvalue weighted by atomic mass is 16.5. The lowest BCUT2D eigenvalue weighted by atomic mass is 10.1. The number of fused-ring (bicyclic) bond motifs is 2. The molecule has 4 aromatic rings. The molecular weight excluding hydrogens is 410 g/mol. The summed E-state index contributed by atoms with van der Waals surface area (Å²) in [6.07, 6.45) is 1.71. The molecule has 9 heteroatoms. The number of pyridine rings is 1. The molecule has 5 rings (SSSR count). The Morgan fingerprint density at radius 3 is 2.75 bits per heavy atom. The number of carbonyl (C=O) groups is 2. The molecule has 2 N–H and O–H groups in total. The number of rotatable bonds is 5. The molecule has 0 saturated carbocycles. The van der Waals surface area contributed by atoms with Gasteiger partial charge in [-0.15, -0.1) is 0 Å². The van der Waals surface area contributed by atoms with Gasteiger partial charge in [-0.25, -0.2) is 15.4 Å². The minimum Gasteiger partial charge on any atom is -0.482 e. The van der Waals surface area contributed by atoms with Crippen LogP contribution in [0.1, 0.15) is 21.7 Å². The van der Waals surface area contributed by atoms with Gasteiger partial charge < -0.3 is 9.30 Å². The molecule has 3 heterocycles. The first-order valence-electron chi connectivity index (χ1n) is 10.00. The first-order chi connectivity index (χ1) is 15.6. The van der Waals surface area contributed by atoms with Crippen molar-refractivity contribution in [2.75, 3.05) is 11.5 Å². The molecule has 1 aliphatic heterocycles. The van der Waals surface area contributed by atoms with Gasteiger partial charge in [0.25, 0.3) is 11.8 Å². The third kappa shape index (κ3) is 3.54. The van der Waals surface area contributed by atoms with Crippen LogP contribution in [0.15, 0.2) is 66.9 Å². The van der Waals surface area contributed by atoms with Crippen molar-refractivity contribution in [1.29, 1.82) is 0 Å². The average Bonchev–Trinajstić information content (AvgIpc) is 3.17. The zero-order valence-electron chi connectivity index (χ0n) is 16.9. The highest BCUT2D eigenvalue weighted by Crippen LogP contribution is 2.34. The summed E-state index contributed by atoms with van der Waals surface area (Å²) in [7, 11) is 0. The van der Waals surface area contributed by atoms with Crippen molar-refractivity contribution in [1.82, 2.24) is 20.0 Å². The van der Waals surface area contributed by atoms with Crippen LogP contribution in [0.3, 0.4) is 0 Å². The summed E-state index contributed by atoms with van der Waals surface area (Å²) in [5.41, 5.74) is 4.78. The molecule has 0 unspecified atom stereocenters. The number of imidazole rings is 1. The molecular formula is C23H19N5O4. The number of hydroxylamine groups is 1. The largest absolute Gasteiger partial charge is 0.482 e. The average molecular weight is 429 g/mol. The molecule has 160 valence electrons. The number of nitrogens with zero attached hydrogens (tertiary/aromatic N) is 4. The Morgan fingerprint density at radius 2 is 1.94 bits per heavy atom. The standard InChI is InChI=1S/C23H19N5O4/c29-21-14-32-19-9-8-16(23(30)26-31)11-18(19)27(21)13-20-25-17-7-4-10-24-22(17)28(20)12-15-5-2-1-3-6-15/h1-11,31H,12-14H2,(H,26,30). The van der Waals surface area contributed by atoms with Crippen molar-refractivity contribution in [2.24, 2.45) is 0 Å². The third-order valence-corrected chi connectivity index (χ3v) is 5.33. The molecule has 32 heavy (non-hydrogen) atoms. The van der Waals surface area contributed by atoms with Crippen LogP contribution >= 0.6 is 0 Å². The quantitative estimate of drug-likeness (QED) is 0.373. The Kier molecular flexibility index (Phi) is 5.00. The van der Waals surface area contributed by atoms with Gasteiger partial charge in [0.15, 0.2) is 12.3 Å². The van der Waals surface area contributed by atoms with E-state index in [1.807, 2.05) is 47.0 Å². The molecule has 9 nitrogen and oxygen atoms in total. The normalized spacial score (nSPS) is 13.0. The Hall–Kier alpha value is -4.24. The first kappa shape index (κ1) is 19.7. The van der Waals surface area contributed by atoms with Crippen LogP contribution in [0.25, 0.3) is 11.2 Å². The van der Waals surface area contributed by atoms with Crippen LogP contribution in [0.5, 0.6) is 5.75 Å². The fraction of sp³-hybridized carbons (Fsp3) is 0.130. The molecule has 0 saturated heterocycles. The van der Waals surface area contributed by atoms with Crippen molar-refractivity contribution >= 4 is 28.7 Å². The number of ether oxygens (including phenoxy) is 1. The van der Waals surface area contributed by atoms with Crippen LogP contribution < -0.4 is 15.1 Å². The van der Waals surface area contributed by atoms with Crippen LogP contribution in [0, 0.1) is 0 Å². The zero-order chi connectivity index (χ0) is 22.1. The topological polar surface area (TPSA) is 110 Å². The number of aromatic nitrogens is 3. The molecule has 2 amide bonds. The lowest BCUT2D eigenvalue weighted by Gasteiger charge is -2.29. The highest BCUT2D eigenvalue weighted by molar-refractivity contribution is 6.01. The van der Waals surface area contributed by atoms with E-state index in [-0.39, 0.29) is 24.6 Å². The molecule has 0 atom stereocenters. The number of anilines is 1. The van der Waals surface area contributed by atoms with Crippen LogP contribution in [-0.4, -0.2) is 38.2 Å². The van der Waals surface area contributed by atoms with Gasteiger partial charge in [-0.2, -0.15) is 0 Å². The predicted molar refractivity (Wildman–Crippen MR) is 115 cm³/mol. The third-order valence-electron chi connectivity index (χ3n) is 5.33. The molecule has 0 bridgehead atoms. The Morgan fingerprint density at radius 1 is 1.09 bits per heavy atom. The summed E-state index contributed by atoms with van der Waals surface area (Å²) in [6.45, 7) is 0.598. The van der Waals surface area contributed by atoms with E-state index in [1.165, 1.54) is 17.0 Å². The number of hydrogen-bond acceptors (Lipinski definition) is 6. The number of amides is 2. The Bertz CT molecular complexity index is 1320. The minimum absolute atomic E-state index is 0.115. The molecule has 0 spiro atoms. The molecule has 0 radical (unpaired) electrons. The summed E-state index contributed by atoms with van der Waals surface area (Å²) in [5, 5.41) is 8.97. The summed E-state index contributed by atoms with van der Waals surface area (Å²) in [6, 6.07) is 18.3. The Labute approximate surface area is 182 Å². The molecule has 0 aliphatic carbocycles. The van der Waals surface area contributed by atoms with Crippen molar-refractivity contribution in [3.8, 4) is 5.75 Å². The summed E-state index contributed by atoms with van der Waals surface area (Å²) < 4.78 is 7.52. The van der Waals surface area contributed by atoms with E-state index in [0.29, 0.717) is 23.8 Å². The lowest BCUT2D eigenvalue weighted by Crippen LogP contribution is -2.39. The van der Waals surface area contributed by atoms with E-state index in [2.05, 4.69) is 4.98 Å². The first-order valence-corrected chi connectivity index (χ1v) is 10.00. The van der Waals surface area contributed by atoms with Gasteiger partial charge in [0.2, 0.25) is 0 Å². The number of hydrogen-bond donors (Lipinski definition) is 2. The second kappa shape index (κ2) is 8.12. The van der Waals surface area contributed by atoms with E-state index < -0.39 is 5.91 Å². The Balaban J connectivity index is 1.57. The minimum atomic E-state index is -0.675. The second-order valence-corrected chi connectivity index (χ2v) is 7.34. The lowest BCUT2D eigenvalue weighted by molar-refractivity contribution is -0.121. The van der Waals surface area contributed by atoms with Gasteiger partial charge >= 0.3 is 0 Å². The van der Waals surface area contributed by atoms with E-state index in [4.69, 9.17) is 14.9 Å². The van der Waals surface area contributed by atoms with Gasteiger partial charge in [-0.1, -0.05) is 30.3 Å². The van der Waals surface area contributed by atoms with Crippen LogP contribution in [0.2, 0.25) is 0 Å². The molecule has 2 aromatic carbocycles. The maximum atomic E-state index is 12.8. The summed E-state index contributed by atoms with van der Waals surface area (Å²) in [5.74, 6) is 0.195. The zero-order valence-corrected chi connectivity index (χ0v) is 16.9. The summed E-state index contributed by atoms with van der Waals surface area (Å²) in [4.78, 5) is 35.4. The van der Waals surface area contributed by atoms with E-state index in [0.717, 1.165) is 16.7 Å². The second-order valence-electron chi connectivity index (χ2n) is 7.34. The van der Waals surface area contributed by atoms with Gasteiger partial charge in [-0.05, 0) is 35.9 Å². The predicted octanol–water partition coefficient (Wildman–Crippen LogP) is 2.52. The van der Waals surface area contributed by atoms with Crippen molar-refractivity contribution in [2.45, 2.75) is 13.1 Å². The van der Waals surface area contributed by atoms with Crippen molar-refractivity contribution in [3.63, 3.8) is 0 Å². The summed E-state index contributed by atoms with van der Waals surface area (Å²) >= 11 is 0. The van der Waals surface area contributed by atoms with E-state index >= 15 is 0 Å². The van der Waals surface area contributed by atoms with Gasteiger partial charge in [-0.3, -0.25) is 19.7 Å². The fourth-order valence-corrected chi connectivity index (χ4v) is 3.78. The van der Waals surface area contributed by atoms with Crippen LogP contribution in [-0.2, 0) is 17.9 Å². The van der Waals surface area contributed by atoms with E-state index in [9.17, 15) is 9.59 Å². The van der Waals surface area contributed by atoms with Gasteiger partial charge in [0, 0.05) is 11.8 Å². The molecule has 2 aromatic heterocycles. The SMILES string of the molecule is O=C(NO)c1ccc2c(c1)N(Cc1nc3cccnc3n1Cc1ccccc1)C(=O)CO2. The molecule has 0 fully saturated rings. The monoisotopic (exact) mass is 429 g/mol. The van der Waals surface area contributed by atoms with Gasteiger partial charge in [0.1, 0.15) is 17.1 Å². The highest BCUT2D eigenvalue weighted by Gasteiger charge is 2.28. The van der Waals surface area contributed by atoms with Gasteiger partial charge in [0.05, 0.1) is 18.8 Å². The van der Waals surface area contributed by atoms with Crippen molar-refractivity contribution < 1.29 is 19.5 Å². The number of carbonyl (C=O) groups excluding carboxylic acids is 2. The number of benzene rings is 2. The van der Waals surface area contributed by atoms with Crippen LogP contribution in [0.4, 0.5) is 5.69 Å². The van der Waals surface area contributed by atoms with Crippen molar-refractivity contribution in [3.05, 3.63) is 83.8 Å². The molecule has 1 aliphatic rings. The maximum absolute atomic E-state index is 12.8. The maximum Gasteiger partial charge on any atom is 0.274 e. The number of nitrogens with one attached hydrogen (secondary N) is 1. The smallest absolute Gasteiger partial charge is 0.274 e. The van der Waals surface area contributed by atoms with E-state index in [1.54, 1.807) is 17.7 Å². The fourth-order valence-electron chi connectivity index (χ4n) is 3.78.